The van der Waals surface area contributed by atoms with E-state index in [-0.39, 0.29) is 0 Å². The van der Waals surface area contributed by atoms with Crippen LogP contribution < -0.4 is 4.74 Å². The molecule has 6 nitrogen and oxygen atoms in total. The van der Waals surface area contributed by atoms with Gasteiger partial charge in [-0.25, -0.2) is 8.42 Å². The Morgan fingerprint density at radius 1 is 1.26 bits per heavy atom. The zero-order chi connectivity index (χ0) is 19.8. The lowest BCUT2D eigenvalue weighted by molar-refractivity contribution is 0.271. The molecular formula is C19H26ClN3O3S. The molecule has 0 N–H and O–H groups in total. The maximum Gasteiger partial charge on any atom is 0.246 e. The van der Waals surface area contributed by atoms with Gasteiger partial charge in [-0.3, -0.25) is 4.68 Å². The quantitative estimate of drug-likeness (QED) is 0.756. The number of aryl methyl sites for hydroxylation is 2. The van der Waals surface area contributed by atoms with Gasteiger partial charge in [0, 0.05) is 25.2 Å². The SMILES string of the molecule is COc1cc(Cl)ccc1CC1CCN(S(=O)(=O)c2c(C)nn(C)c2C)CC1. The highest BCUT2D eigenvalue weighted by Crippen LogP contribution is 2.31. The van der Waals surface area contributed by atoms with Gasteiger partial charge in [0.25, 0.3) is 0 Å². The Hall–Kier alpha value is -1.57. The topological polar surface area (TPSA) is 64.4 Å². The molecular weight excluding hydrogens is 386 g/mol. The van der Waals surface area contributed by atoms with Crippen molar-refractivity contribution in [2.45, 2.75) is 38.0 Å². The van der Waals surface area contributed by atoms with E-state index in [1.54, 1.807) is 37.0 Å². The summed E-state index contributed by atoms with van der Waals surface area (Å²) >= 11 is 6.03. The molecule has 8 heteroatoms. The molecule has 148 valence electrons. The minimum absolute atomic E-state index is 0.350. The van der Waals surface area contributed by atoms with Gasteiger partial charge in [-0.15, -0.1) is 0 Å². The summed E-state index contributed by atoms with van der Waals surface area (Å²) in [6.07, 6.45) is 2.51. The second-order valence-corrected chi connectivity index (χ2v) is 9.44. The van der Waals surface area contributed by atoms with Crippen LogP contribution in [0.1, 0.15) is 29.8 Å². The molecule has 0 unspecified atom stereocenters. The van der Waals surface area contributed by atoms with Crippen molar-refractivity contribution in [2.24, 2.45) is 13.0 Å². The lowest BCUT2D eigenvalue weighted by Crippen LogP contribution is -2.39. The molecule has 1 fully saturated rings. The van der Waals surface area contributed by atoms with E-state index in [9.17, 15) is 8.42 Å². The Balaban J connectivity index is 1.70. The van der Waals surface area contributed by atoms with Gasteiger partial charge in [0.2, 0.25) is 10.0 Å². The first-order valence-corrected chi connectivity index (χ1v) is 10.9. The molecule has 1 saturated heterocycles. The minimum Gasteiger partial charge on any atom is -0.496 e. The fraction of sp³-hybridized carbons (Fsp3) is 0.526. The highest BCUT2D eigenvalue weighted by atomic mass is 35.5. The Labute approximate surface area is 166 Å². The molecule has 0 aliphatic carbocycles. The first kappa shape index (κ1) is 20.2. The Bertz CT molecular complexity index is 932. The average Bonchev–Trinajstić information content (AvgIpc) is 2.89. The molecule has 0 atom stereocenters. The van der Waals surface area contributed by atoms with Crippen molar-refractivity contribution in [3.63, 3.8) is 0 Å². The smallest absolute Gasteiger partial charge is 0.246 e. The van der Waals surface area contributed by atoms with E-state index >= 15 is 0 Å². The normalized spacial score (nSPS) is 16.6. The van der Waals surface area contributed by atoms with Gasteiger partial charge >= 0.3 is 0 Å². The third kappa shape index (κ3) is 4.00. The summed E-state index contributed by atoms with van der Waals surface area (Å²) in [6, 6.07) is 5.68. The van der Waals surface area contributed by atoms with E-state index < -0.39 is 10.0 Å². The largest absolute Gasteiger partial charge is 0.496 e. The van der Waals surface area contributed by atoms with Crippen LogP contribution in [0.15, 0.2) is 23.1 Å². The lowest BCUT2D eigenvalue weighted by atomic mass is 9.90. The Kier molecular flexibility index (Phi) is 5.84. The van der Waals surface area contributed by atoms with Gasteiger partial charge in [-0.05, 0) is 56.7 Å². The molecule has 0 radical (unpaired) electrons. The number of methoxy groups -OCH3 is 1. The van der Waals surface area contributed by atoms with Crippen LogP contribution in [-0.2, 0) is 23.5 Å². The van der Waals surface area contributed by atoms with Crippen LogP contribution in [0.2, 0.25) is 5.02 Å². The molecule has 27 heavy (non-hydrogen) atoms. The van der Waals surface area contributed by atoms with Crippen LogP contribution in [0.25, 0.3) is 0 Å². The van der Waals surface area contributed by atoms with Gasteiger partial charge < -0.3 is 4.74 Å². The van der Waals surface area contributed by atoms with Crippen LogP contribution in [-0.4, -0.2) is 42.7 Å². The predicted molar refractivity (Wildman–Crippen MR) is 106 cm³/mol. The number of nitrogens with zero attached hydrogens (tertiary/aromatic N) is 3. The minimum atomic E-state index is -3.51. The van der Waals surface area contributed by atoms with E-state index in [0.29, 0.717) is 40.3 Å². The summed E-state index contributed by atoms with van der Waals surface area (Å²) in [6.45, 7) is 4.60. The standard InChI is InChI=1S/C19H26ClN3O3S/c1-13-19(14(2)22(3)21-13)27(24,25)23-9-7-15(8-10-23)11-16-5-6-17(20)12-18(16)26-4/h5-6,12,15H,7-11H2,1-4H3. The van der Waals surface area contributed by atoms with E-state index in [4.69, 9.17) is 16.3 Å². The molecule has 1 aliphatic heterocycles. The third-order valence-corrected chi connectivity index (χ3v) is 7.76. The fourth-order valence-corrected chi connectivity index (χ4v) is 5.84. The van der Waals surface area contributed by atoms with Crippen molar-refractivity contribution in [3.8, 4) is 5.75 Å². The molecule has 0 amide bonds. The summed E-state index contributed by atoms with van der Waals surface area (Å²) in [5.74, 6) is 1.21. The number of hydrogen-bond acceptors (Lipinski definition) is 4. The maximum atomic E-state index is 13.1. The second kappa shape index (κ2) is 7.81. The van der Waals surface area contributed by atoms with Gasteiger partial charge in [0.15, 0.2) is 0 Å². The Morgan fingerprint density at radius 2 is 1.93 bits per heavy atom. The van der Waals surface area contributed by atoms with Crippen molar-refractivity contribution in [2.75, 3.05) is 20.2 Å². The number of hydrogen-bond donors (Lipinski definition) is 0. The van der Waals surface area contributed by atoms with Crippen molar-refractivity contribution >= 4 is 21.6 Å². The number of aromatic nitrogens is 2. The number of rotatable bonds is 5. The number of ether oxygens (including phenoxy) is 1. The molecule has 1 aromatic carbocycles. The summed E-state index contributed by atoms with van der Waals surface area (Å²) in [5, 5.41) is 4.91. The lowest BCUT2D eigenvalue weighted by Gasteiger charge is -2.31. The summed E-state index contributed by atoms with van der Waals surface area (Å²) in [5.41, 5.74) is 2.35. The van der Waals surface area contributed by atoms with Crippen molar-refractivity contribution in [3.05, 3.63) is 40.2 Å². The van der Waals surface area contributed by atoms with Gasteiger partial charge in [0.05, 0.1) is 18.5 Å². The van der Waals surface area contributed by atoms with Crippen molar-refractivity contribution < 1.29 is 13.2 Å². The molecule has 0 spiro atoms. The molecule has 1 aromatic heterocycles. The maximum absolute atomic E-state index is 13.1. The third-order valence-electron chi connectivity index (χ3n) is 5.37. The average molecular weight is 412 g/mol. The van der Waals surface area contributed by atoms with Crippen molar-refractivity contribution in [1.82, 2.24) is 14.1 Å². The first-order chi connectivity index (χ1) is 12.7. The van der Waals surface area contributed by atoms with Crippen LogP contribution in [0, 0.1) is 19.8 Å². The van der Waals surface area contributed by atoms with E-state index in [0.717, 1.165) is 30.6 Å². The molecule has 0 saturated carbocycles. The van der Waals surface area contributed by atoms with Gasteiger partial charge in [-0.2, -0.15) is 9.40 Å². The number of benzene rings is 1. The molecule has 1 aliphatic rings. The van der Waals surface area contributed by atoms with Crippen molar-refractivity contribution in [1.29, 1.82) is 0 Å². The number of halogens is 1. The van der Waals surface area contributed by atoms with Crippen LogP contribution >= 0.6 is 11.6 Å². The summed E-state index contributed by atoms with van der Waals surface area (Å²) in [4.78, 5) is 0.350. The highest BCUT2D eigenvalue weighted by molar-refractivity contribution is 7.89. The number of sulfonamides is 1. The molecule has 2 heterocycles. The zero-order valence-corrected chi connectivity index (χ0v) is 17.8. The van der Waals surface area contributed by atoms with E-state index in [2.05, 4.69) is 5.10 Å². The van der Waals surface area contributed by atoms with Crippen LogP contribution in [0.4, 0.5) is 0 Å². The second-order valence-electron chi connectivity index (χ2n) is 7.13. The zero-order valence-electron chi connectivity index (χ0n) is 16.2. The molecule has 0 bridgehead atoms. The highest BCUT2D eigenvalue weighted by Gasteiger charge is 2.33. The van der Waals surface area contributed by atoms with Crippen LogP contribution in [0.5, 0.6) is 5.75 Å². The first-order valence-electron chi connectivity index (χ1n) is 9.06. The van der Waals surface area contributed by atoms with Gasteiger partial charge in [0.1, 0.15) is 10.6 Å². The molecule has 2 aromatic rings. The monoisotopic (exact) mass is 411 g/mol. The Morgan fingerprint density at radius 3 is 2.48 bits per heavy atom. The summed E-state index contributed by atoms with van der Waals surface area (Å²) in [7, 11) is -0.0967. The van der Waals surface area contributed by atoms with Gasteiger partial charge in [-0.1, -0.05) is 17.7 Å². The fourth-order valence-electron chi connectivity index (χ4n) is 3.81. The number of piperidine rings is 1. The summed E-state index contributed by atoms with van der Waals surface area (Å²) < 4.78 is 34.8. The molecule has 3 rings (SSSR count). The van der Waals surface area contributed by atoms with E-state index in [1.807, 2.05) is 18.2 Å². The van der Waals surface area contributed by atoms with E-state index in [1.165, 1.54) is 0 Å². The predicted octanol–water partition coefficient (Wildman–Crippen LogP) is 3.34. The van der Waals surface area contributed by atoms with Crippen LogP contribution in [0.3, 0.4) is 0 Å².